The van der Waals surface area contributed by atoms with Crippen LogP contribution in [0.25, 0.3) is 0 Å². The number of hydrogen-bond acceptors (Lipinski definition) is 5. The summed E-state index contributed by atoms with van der Waals surface area (Å²) in [5, 5.41) is 17.0. The lowest BCUT2D eigenvalue weighted by atomic mass is 10.1. The van der Waals surface area contributed by atoms with Crippen molar-refractivity contribution in [1.82, 2.24) is 15.5 Å². The molecule has 0 bridgehead atoms. The number of nitrogens with one attached hydrogen (secondary N) is 1. The Labute approximate surface area is 111 Å². The molecule has 0 amide bonds. The van der Waals surface area contributed by atoms with Gasteiger partial charge in [-0.1, -0.05) is 17.3 Å². The SMILES string of the molecule is Cc1noc(CCNC2CCc3c(O)cccc32)n1. The molecule has 5 heteroatoms. The lowest BCUT2D eigenvalue weighted by molar-refractivity contribution is 0.369. The summed E-state index contributed by atoms with van der Waals surface area (Å²) in [6.45, 7) is 2.61. The number of hydrogen-bond donors (Lipinski definition) is 2. The van der Waals surface area contributed by atoms with Crippen LogP contribution in [0, 0.1) is 6.92 Å². The Hall–Kier alpha value is -1.88. The van der Waals surface area contributed by atoms with Gasteiger partial charge in [-0.15, -0.1) is 0 Å². The molecule has 0 fully saturated rings. The highest BCUT2D eigenvalue weighted by molar-refractivity contribution is 5.44. The van der Waals surface area contributed by atoms with E-state index >= 15 is 0 Å². The standard InChI is InChI=1S/C14H17N3O2/c1-9-16-14(19-17-9)7-8-15-12-6-5-11-10(12)3-2-4-13(11)18/h2-4,12,15,18H,5-8H2,1H3. The van der Waals surface area contributed by atoms with Crippen LogP contribution in [-0.4, -0.2) is 21.8 Å². The Morgan fingerprint density at radius 3 is 3.16 bits per heavy atom. The number of aromatic nitrogens is 2. The van der Waals surface area contributed by atoms with Gasteiger partial charge < -0.3 is 14.9 Å². The van der Waals surface area contributed by atoms with Crippen molar-refractivity contribution in [2.75, 3.05) is 6.54 Å². The summed E-state index contributed by atoms with van der Waals surface area (Å²) in [5.41, 5.74) is 2.29. The van der Waals surface area contributed by atoms with Gasteiger partial charge >= 0.3 is 0 Å². The van der Waals surface area contributed by atoms with Crippen molar-refractivity contribution in [1.29, 1.82) is 0 Å². The Morgan fingerprint density at radius 1 is 1.47 bits per heavy atom. The van der Waals surface area contributed by atoms with E-state index in [1.807, 2.05) is 13.0 Å². The van der Waals surface area contributed by atoms with E-state index in [2.05, 4.69) is 21.5 Å². The quantitative estimate of drug-likeness (QED) is 0.877. The topological polar surface area (TPSA) is 71.2 Å². The molecule has 0 aliphatic heterocycles. The van der Waals surface area contributed by atoms with Gasteiger partial charge in [0, 0.05) is 19.0 Å². The number of phenols is 1. The summed E-state index contributed by atoms with van der Waals surface area (Å²) < 4.78 is 5.08. The van der Waals surface area contributed by atoms with Crippen molar-refractivity contribution < 1.29 is 9.63 Å². The average Bonchev–Trinajstić information content (AvgIpc) is 2.98. The van der Waals surface area contributed by atoms with Crippen LogP contribution in [-0.2, 0) is 12.8 Å². The Kier molecular flexibility index (Phi) is 3.21. The van der Waals surface area contributed by atoms with Gasteiger partial charge in [-0.05, 0) is 37.0 Å². The van der Waals surface area contributed by atoms with Gasteiger partial charge in [0.25, 0.3) is 0 Å². The summed E-state index contributed by atoms with van der Waals surface area (Å²) in [5.74, 6) is 1.75. The van der Waals surface area contributed by atoms with Crippen LogP contribution < -0.4 is 5.32 Å². The largest absolute Gasteiger partial charge is 0.508 e. The van der Waals surface area contributed by atoms with Crippen LogP contribution >= 0.6 is 0 Å². The van der Waals surface area contributed by atoms with Crippen molar-refractivity contribution in [2.45, 2.75) is 32.2 Å². The first-order valence-corrected chi connectivity index (χ1v) is 6.57. The molecule has 0 saturated heterocycles. The molecule has 100 valence electrons. The first-order valence-electron chi connectivity index (χ1n) is 6.57. The van der Waals surface area contributed by atoms with Crippen molar-refractivity contribution >= 4 is 0 Å². The molecule has 0 spiro atoms. The number of fused-ring (bicyclic) bond motifs is 1. The van der Waals surface area contributed by atoms with Gasteiger partial charge in [0.1, 0.15) is 5.75 Å². The molecule has 1 aromatic heterocycles. The maximum Gasteiger partial charge on any atom is 0.227 e. The number of aryl methyl sites for hydroxylation is 1. The molecule has 0 saturated carbocycles. The number of phenolic OH excluding ortho intramolecular Hbond substituents is 1. The van der Waals surface area contributed by atoms with Gasteiger partial charge in [0.2, 0.25) is 5.89 Å². The number of nitrogens with zero attached hydrogens (tertiary/aromatic N) is 2. The molecule has 1 aliphatic rings. The molecular formula is C14H17N3O2. The summed E-state index contributed by atoms with van der Waals surface area (Å²) in [6.07, 6.45) is 2.68. The van der Waals surface area contributed by atoms with Gasteiger partial charge in [0.15, 0.2) is 5.82 Å². The second-order valence-electron chi connectivity index (χ2n) is 4.88. The molecule has 1 aliphatic carbocycles. The molecule has 0 radical (unpaired) electrons. The normalized spacial score (nSPS) is 17.6. The molecule has 2 aromatic rings. The predicted octanol–water partition coefficient (Wildman–Crippen LogP) is 1.90. The van der Waals surface area contributed by atoms with Crippen LogP contribution in [0.1, 0.15) is 35.3 Å². The van der Waals surface area contributed by atoms with Crippen LogP contribution in [0.2, 0.25) is 0 Å². The molecule has 1 aromatic carbocycles. The second-order valence-corrected chi connectivity index (χ2v) is 4.88. The molecule has 19 heavy (non-hydrogen) atoms. The Morgan fingerprint density at radius 2 is 2.37 bits per heavy atom. The molecular weight excluding hydrogens is 242 g/mol. The van der Waals surface area contributed by atoms with Gasteiger partial charge in [0.05, 0.1) is 0 Å². The summed E-state index contributed by atoms with van der Waals surface area (Å²) in [4.78, 5) is 4.18. The zero-order chi connectivity index (χ0) is 13.2. The third kappa shape index (κ3) is 2.46. The van der Waals surface area contributed by atoms with E-state index in [1.54, 1.807) is 6.07 Å². The molecule has 5 nitrogen and oxygen atoms in total. The molecule has 1 atom stereocenters. The third-order valence-corrected chi connectivity index (χ3v) is 3.55. The highest BCUT2D eigenvalue weighted by atomic mass is 16.5. The van der Waals surface area contributed by atoms with Crippen LogP contribution in [0.5, 0.6) is 5.75 Å². The van der Waals surface area contributed by atoms with Crippen molar-refractivity contribution in [3.05, 3.63) is 41.0 Å². The molecule has 2 N–H and O–H groups in total. The minimum absolute atomic E-state index is 0.311. The number of benzene rings is 1. The van der Waals surface area contributed by atoms with E-state index in [9.17, 15) is 5.11 Å². The maximum absolute atomic E-state index is 9.79. The lowest BCUT2D eigenvalue weighted by Gasteiger charge is -2.13. The van der Waals surface area contributed by atoms with Crippen LogP contribution in [0.4, 0.5) is 0 Å². The highest BCUT2D eigenvalue weighted by Crippen LogP contribution is 2.36. The van der Waals surface area contributed by atoms with E-state index in [4.69, 9.17) is 4.52 Å². The van der Waals surface area contributed by atoms with Gasteiger partial charge in [-0.3, -0.25) is 0 Å². The van der Waals surface area contributed by atoms with E-state index < -0.39 is 0 Å². The van der Waals surface area contributed by atoms with Gasteiger partial charge in [-0.2, -0.15) is 4.98 Å². The van der Waals surface area contributed by atoms with E-state index in [0.29, 0.717) is 23.5 Å². The molecule has 1 unspecified atom stereocenters. The fourth-order valence-corrected chi connectivity index (χ4v) is 2.64. The lowest BCUT2D eigenvalue weighted by Crippen LogP contribution is -2.22. The Bertz CT molecular complexity index is 580. The number of rotatable bonds is 4. The third-order valence-electron chi connectivity index (χ3n) is 3.55. The van der Waals surface area contributed by atoms with E-state index in [1.165, 1.54) is 5.56 Å². The predicted molar refractivity (Wildman–Crippen MR) is 69.9 cm³/mol. The summed E-state index contributed by atoms with van der Waals surface area (Å²) in [7, 11) is 0. The van der Waals surface area contributed by atoms with Crippen molar-refractivity contribution in [3.63, 3.8) is 0 Å². The van der Waals surface area contributed by atoms with E-state index in [0.717, 1.165) is 31.4 Å². The summed E-state index contributed by atoms with van der Waals surface area (Å²) in [6, 6.07) is 6.04. The minimum Gasteiger partial charge on any atom is -0.508 e. The Balaban J connectivity index is 1.59. The zero-order valence-electron chi connectivity index (χ0n) is 10.9. The molecule has 3 rings (SSSR count). The monoisotopic (exact) mass is 259 g/mol. The first-order chi connectivity index (χ1) is 9.24. The zero-order valence-corrected chi connectivity index (χ0v) is 10.9. The number of aromatic hydroxyl groups is 1. The van der Waals surface area contributed by atoms with Crippen LogP contribution in [0.3, 0.4) is 0 Å². The van der Waals surface area contributed by atoms with Crippen molar-refractivity contribution in [2.24, 2.45) is 0 Å². The highest BCUT2D eigenvalue weighted by Gasteiger charge is 2.23. The van der Waals surface area contributed by atoms with Crippen molar-refractivity contribution in [3.8, 4) is 5.75 Å². The fraction of sp³-hybridized carbons (Fsp3) is 0.429. The second kappa shape index (κ2) is 5.01. The fourth-order valence-electron chi connectivity index (χ4n) is 2.64. The minimum atomic E-state index is 0.311. The average molecular weight is 259 g/mol. The summed E-state index contributed by atoms with van der Waals surface area (Å²) >= 11 is 0. The molecule has 1 heterocycles. The maximum atomic E-state index is 9.79. The first kappa shape index (κ1) is 12.2. The smallest absolute Gasteiger partial charge is 0.227 e. The van der Waals surface area contributed by atoms with Gasteiger partial charge in [-0.25, -0.2) is 0 Å². The van der Waals surface area contributed by atoms with E-state index in [-0.39, 0.29) is 0 Å². The van der Waals surface area contributed by atoms with Crippen LogP contribution in [0.15, 0.2) is 22.7 Å².